The molecule has 0 aliphatic rings. The summed E-state index contributed by atoms with van der Waals surface area (Å²) in [6.45, 7) is 4.00. The molecule has 0 saturated heterocycles. The molecule has 1 amide bonds. The summed E-state index contributed by atoms with van der Waals surface area (Å²) in [5.74, 6) is -0.591. The van der Waals surface area contributed by atoms with Gasteiger partial charge < -0.3 is 10.7 Å². The van der Waals surface area contributed by atoms with Gasteiger partial charge in [-0.2, -0.15) is 0 Å². The first-order valence-corrected chi connectivity index (χ1v) is 4.23. The molecule has 0 spiro atoms. The molecule has 2 rings (SSSR count). The summed E-state index contributed by atoms with van der Waals surface area (Å²) in [6, 6.07) is 0. The lowest BCUT2D eigenvalue weighted by molar-refractivity contribution is 0.0997. The van der Waals surface area contributed by atoms with Gasteiger partial charge in [0.05, 0.1) is 6.33 Å². The molecule has 0 aromatic carbocycles. The Balaban J connectivity index is 0.000000461. The summed E-state index contributed by atoms with van der Waals surface area (Å²) < 4.78 is 0. The van der Waals surface area contributed by atoms with Crippen LogP contribution in [0.25, 0.3) is 11.2 Å². The van der Waals surface area contributed by atoms with Crippen LogP contribution >= 0.6 is 0 Å². The topological polar surface area (TPSA) is 97.6 Å². The zero-order valence-electron chi connectivity index (χ0n) is 7.98. The standard InChI is InChI=1S/C6H5N5O.C2H6/c7-5(12)3-4-6(10-1-8-3)11-2-9-4;1-2/h1-2H,(H2,7,12)(H,8,9,10,11);1-2H3. The van der Waals surface area contributed by atoms with Gasteiger partial charge in [-0.1, -0.05) is 13.8 Å². The second-order valence-corrected chi connectivity index (χ2v) is 2.19. The van der Waals surface area contributed by atoms with Crippen LogP contribution in [0.4, 0.5) is 0 Å². The van der Waals surface area contributed by atoms with Crippen molar-refractivity contribution in [2.45, 2.75) is 13.8 Å². The third-order valence-electron chi connectivity index (χ3n) is 1.46. The van der Waals surface area contributed by atoms with Gasteiger partial charge in [-0.3, -0.25) is 4.79 Å². The molecule has 0 atom stereocenters. The molecule has 6 heteroatoms. The number of hydrogen-bond acceptors (Lipinski definition) is 4. The van der Waals surface area contributed by atoms with E-state index in [1.807, 2.05) is 13.8 Å². The van der Waals surface area contributed by atoms with Gasteiger partial charge in [0.15, 0.2) is 11.3 Å². The van der Waals surface area contributed by atoms with E-state index >= 15 is 0 Å². The van der Waals surface area contributed by atoms with Crippen LogP contribution in [-0.2, 0) is 0 Å². The van der Waals surface area contributed by atoms with Gasteiger partial charge in [-0.05, 0) is 0 Å². The molecule has 0 aliphatic heterocycles. The summed E-state index contributed by atoms with van der Waals surface area (Å²) in [5, 5.41) is 0. The highest BCUT2D eigenvalue weighted by molar-refractivity contribution is 6.00. The summed E-state index contributed by atoms with van der Waals surface area (Å²) in [4.78, 5) is 24.9. The maximum absolute atomic E-state index is 10.8. The number of primary amides is 1. The van der Waals surface area contributed by atoms with Crippen LogP contribution in [0.2, 0.25) is 0 Å². The minimum Gasteiger partial charge on any atom is -0.364 e. The third kappa shape index (κ3) is 1.68. The first-order chi connectivity index (χ1) is 6.79. The van der Waals surface area contributed by atoms with E-state index in [9.17, 15) is 4.79 Å². The largest absolute Gasteiger partial charge is 0.364 e. The van der Waals surface area contributed by atoms with Crippen LogP contribution in [0.15, 0.2) is 12.7 Å². The fourth-order valence-corrected chi connectivity index (χ4v) is 0.952. The van der Waals surface area contributed by atoms with Gasteiger partial charge in [0, 0.05) is 0 Å². The van der Waals surface area contributed by atoms with Crippen LogP contribution in [0.1, 0.15) is 24.3 Å². The van der Waals surface area contributed by atoms with E-state index in [1.54, 1.807) is 0 Å². The second kappa shape index (κ2) is 4.31. The van der Waals surface area contributed by atoms with Crippen molar-refractivity contribution in [3.63, 3.8) is 0 Å². The first kappa shape index (κ1) is 10.1. The van der Waals surface area contributed by atoms with E-state index in [0.717, 1.165) is 0 Å². The minimum absolute atomic E-state index is 0.164. The van der Waals surface area contributed by atoms with E-state index in [2.05, 4.69) is 19.9 Å². The number of nitrogens with two attached hydrogens (primary N) is 1. The number of imidazole rings is 1. The SMILES string of the molecule is CC.NC(=O)c1ncnc2nc[nH]c12. The summed E-state index contributed by atoms with van der Waals surface area (Å²) in [7, 11) is 0. The predicted molar refractivity (Wildman–Crippen MR) is 51.5 cm³/mol. The van der Waals surface area contributed by atoms with Crippen molar-refractivity contribution < 1.29 is 4.79 Å². The molecule has 0 fully saturated rings. The van der Waals surface area contributed by atoms with Gasteiger partial charge in [-0.25, -0.2) is 15.0 Å². The zero-order valence-corrected chi connectivity index (χ0v) is 7.98. The maximum Gasteiger partial charge on any atom is 0.269 e. The molecule has 2 aromatic rings. The Bertz CT molecular complexity index is 436. The number of aromatic amines is 1. The molecule has 0 bridgehead atoms. The minimum atomic E-state index is -0.591. The Kier molecular flexibility index (Phi) is 3.11. The number of carbonyl (C=O) groups excluding carboxylic acids is 1. The van der Waals surface area contributed by atoms with Crippen LogP contribution in [0, 0.1) is 0 Å². The molecule has 14 heavy (non-hydrogen) atoms. The Morgan fingerprint density at radius 1 is 1.36 bits per heavy atom. The molecule has 2 aromatic heterocycles. The monoisotopic (exact) mass is 193 g/mol. The van der Waals surface area contributed by atoms with E-state index < -0.39 is 5.91 Å². The summed E-state index contributed by atoms with van der Waals surface area (Å²) >= 11 is 0. The Morgan fingerprint density at radius 2 is 2.07 bits per heavy atom. The van der Waals surface area contributed by atoms with Gasteiger partial charge in [0.2, 0.25) is 0 Å². The van der Waals surface area contributed by atoms with Crippen molar-refractivity contribution in [3.05, 3.63) is 18.3 Å². The van der Waals surface area contributed by atoms with Crippen LogP contribution in [-0.4, -0.2) is 25.8 Å². The van der Waals surface area contributed by atoms with Crippen molar-refractivity contribution >= 4 is 17.1 Å². The lowest BCUT2D eigenvalue weighted by atomic mass is 10.3. The number of aromatic nitrogens is 4. The Morgan fingerprint density at radius 3 is 2.71 bits per heavy atom. The van der Waals surface area contributed by atoms with E-state index in [0.29, 0.717) is 11.2 Å². The van der Waals surface area contributed by atoms with Crippen molar-refractivity contribution in [1.82, 2.24) is 19.9 Å². The number of amides is 1. The molecule has 3 N–H and O–H groups in total. The molecule has 0 aliphatic carbocycles. The smallest absolute Gasteiger partial charge is 0.269 e. The molecule has 0 saturated carbocycles. The van der Waals surface area contributed by atoms with E-state index in [4.69, 9.17) is 5.73 Å². The number of rotatable bonds is 1. The molecule has 2 heterocycles. The van der Waals surface area contributed by atoms with Gasteiger partial charge in [-0.15, -0.1) is 0 Å². The summed E-state index contributed by atoms with van der Waals surface area (Å²) in [6.07, 6.45) is 2.69. The number of carbonyl (C=O) groups is 1. The number of H-pyrrole nitrogens is 1. The highest BCUT2D eigenvalue weighted by Gasteiger charge is 2.09. The molecule has 74 valence electrons. The van der Waals surface area contributed by atoms with Crippen molar-refractivity contribution in [2.24, 2.45) is 5.73 Å². The molecular formula is C8H11N5O. The number of nitrogens with one attached hydrogen (secondary N) is 1. The van der Waals surface area contributed by atoms with Gasteiger partial charge in [0.1, 0.15) is 11.8 Å². The fraction of sp³-hybridized carbons (Fsp3) is 0.250. The van der Waals surface area contributed by atoms with Gasteiger partial charge in [0.25, 0.3) is 5.91 Å². The second-order valence-electron chi connectivity index (χ2n) is 2.19. The van der Waals surface area contributed by atoms with Crippen molar-refractivity contribution in [3.8, 4) is 0 Å². The molecule has 0 radical (unpaired) electrons. The number of hydrogen-bond donors (Lipinski definition) is 2. The lowest BCUT2D eigenvalue weighted by Crippen LogP contribution is -2.13. The van der Waals surface area contributed by atoms with Gasteiger partial charge >= 0.3 is 0 Å². The van der Waals surface area contributed by atoms with Crippen LogP contribution in [0.3, 0.4) is 0 Å². The van der Waals surface area contributed by atoms with Crippen molar-refractivity contribution in [2.75, 3.05) is 0 Å². The number of fused-ring (bicyclic) bond motifs is 1. The number of nitrogens with zero attached hydrogens (tertiary/aromatic N) is 3. The Hall–Kier alpha value is -1.98. The molecule has 6 nitrogen and oxygen atoms in total. The van der Waals surface area contributed by atoms with E-state index in [1.165, 1.54) is 12.7 Å². The molecule has 0 unspecified atom stereocenters. The molecular weight excluding hydrogens is 182 g/mol. The quantitative estimate of drug-likeness (QED) is 0.688. The predicted octanol–water partition coefficient (Wildman–Crippen LogP) is 0.478. The normalized spacial score (nSPS) is 9.29. The van der Waals surface area contributed by atoms with E-state index in [-0.39, 0.29) is 5.69 Å². The highest BCUT2D eigenvalue weighted by Crippen LogP contribution is 2.07. The lowest BCUT2D eigenvalue weighted by Gasteiger charge is -1.93. The van der Waals surface area contributed by atoms with Crippen LogP contribution < -0.4 is 5.73 Å². The zero-order chi connectivity index (χ0) is 10.6. The first-order valence-electron chi connectivity index (χ1n) is 4.23. The highest BCUT2D eigenvalue weighted by atomic mass is 16.1. The maximum atomic E-state index is 10.8. The third-order valence-corrected chi connectivity index (χ3v) is 1.46. The average Bonchev–Trinajstić information content (AvgIpc) is 2.67. The van der Waals surface area contributed by atoms with Crippen LogP contribution in [0.5, 0.6) is 0 Å². The Labute approximate surface area is 80.6 Å². The van der Waals surface area contributed by atoms with Crippen molar-refractivity contribution in [1.29, 1.82) is 0 Å². The summed E-state index contributed by atoms with van der Waals surface area (Å²) in [5.41, 5.74) is 6.15. The fourth-order valence-electron chi connectivity index (χ4n) is 0.952. The average molecular weight is 193 g/mol.